The van der Waals surface area contributed by atoms with Crippen LogP contribution in [0.15, 0.2) is 12.4 Å². The number of hydrogen-bond acceptors (Lipinski definition) is 3. The van der Waals surface area contributed by atoms with Crippen molar-refractivity contribution in [2.75, 3.05) is 19.0 Å². The lowest BCUT2D eigenvalue weighted by Crippen LogP contribution is -2.24. The summed E-state index contributed by atoms with van der Waals surface area (Å²) in [7, 11) is 1.73. The van der Waals surface area contributed by atoms with Crippen molar-refractivity contribution in [1.29, 1.82) is 0 Å². The third-order valence-corrected chi connectivity index (χ3v) is 2.50. The molecule has 4 heteroatoms. The van der Waals surface area contributed by atoms with E-state index in [0.29, 0.717) is 6.04 Å². The van der Waals surface area contributed by atoms with Gasteiger partial charge < -0.3 is 10.1 Å². The summed E-state index contributed by atoms with van der Waals surface area (Å²) >= 11 is 0. The maximum Gasteiger partial charge on any atom is 0.0729 e. The normalized spacial score (nSPS) is 13.8. The zero-order valence-corrected chi connectivity index (χ0v) is 10.9. The second-order valence-corrected chi connectivity index (χ2v) is 5.05. The molecule has 0 amide bonds. The lowest BCUT2D eigenvalue weighted by molar-refractivity contribution is 0.184. The van der Waals surface area contributed by atoms with E-state index in [2.05, 4.69) is 38.1 Å². The Morgan fingerprint density at radius 1 is 1.50 bits per heavy atom. The molecule has 0 aliphatic carbocycles. The highest BCUT2D eigenvalue weighted by Gasteiger charge is 2.14. The van der Waals surface area contributed by atoms with Gasteiger partial charge in [-0.1, -0.05) is 6.92 Å². The van der Waals surface area contributed by atoms with Gasteiger partial charge in [-0.25, -0.2) is 0 Å². The zero-order valence-electron chi connectivity index (χ0n) is 10.9. The predicted octanol–water partition coefficient (Wildman–Crippen LogP) is 2.48. The van der Waals surface area contributed by atoms with Crippen LogP contribution in [0.1, 0.15) is 34.1 Å². The monoisotopic (exact) mass is 225 g/mol. The van der Waals surface area contributed by atoms with Crippen molar-refractivity contribution in [3.05, 3.63) is 12.4 Å². The number of ether oxygens (including phenoxy) is 1. The van der Waals surface area contributed by atoms with Crippen LogP contribution in [0.2, 0.25) is 0 Å². The van der Waals surface area contributed by atoms with E-state index >= 15 is 0 Å². The quantitative estimate of drug-likeness (QED) is 0.836. The van der Waals surface area contributed by atoms with Gasteiger partial charge in [0, 0.05) is 19.3 Å². The van der Waals surface area contributed by atoms with Crippen LogP contribution in [0.4, 0.5) is 5.69 Å². The number of nitrogens with zero attached hydrogens (tertiary/aromatic N) is 2. The van der Waals surface area contributed by atoms with Crippen molar-refractivity contribution in [3.63, 3.8) is 0 Å². The number of rotatable bonds is 5. The fourth-order valence-corrected chi connectivity index (χ4v) is 1.46. The average molecular weight is 225 g/mol. The standard InChI is InChI=1S/C12H23N3O/c1-6-10(9-16-5)14-11-7-13-15(8-11)12(2,3)4/h7-8,10,14H,6,9H2,1-5H3. The molecule has 0 bridgehead atoms. The Balaban J connectivity index is 2.64. The Labute approximate surface area is 98.0 Å². The molecule has 1 aromatic rings. The number of aromatic nitrogens is 2. The van der Waals surface area contributed by atoms with E-state index in [1.807, 2.05) is 17.1 Å². The molecule has 4 nitrogen and oxygen atoms in total. The van der Waals surface area contributed by atoms with Crippen LogP contribution in [0.5, 0.6) is 0 Å². The minimum atomic E-state index is 0.0307. The van der Waals surface area contributed by atoms with Gasteiger partial charge in [0.05, 0.1) is 24.0 Å². The second-order valence-electron chi connectivity index (χ2n) is 5.05. The summed E-state index contributed by atoms with van der Waals surface area (Å²) in [5.74, 6) is 0. The molecule has 1 N–H and O–H groups in total. The lowest BCUT2D eigenvalue weighted by atomic mass is 10.1. The van der Waals surface area contributed by atoms with Crippen molar-refractivity contribution < 1.29 is 4.74 Å². The largest absolute Gasteiger partial charge is 0.383 e. The molecule has 0 radical (unpaired) electrons. The highest BCUT2D eigenvalue weighted by molar-refractivity contribution is 5.39. The first-order valence-electron chi connectivity index (χ1n) is 5.78. The van der Waals surface area contributed by atoms with Crippen molar-refractivity contribution >= 4 is 5.69 Å². The van der Waals surface area contributed by atoms with Crippen LogP contribution >= 0.6 is 0 Å². The number of hydrogen-bond donors (Lipinski definition) is 1. The average Bonchev–Trinajstić information content (AvgIpc) is 2.65. The summed E-state index contributed by atoms with van der Waals surface area (Å²) in [6.07, 6.45) is 4.94. The van der Waals surface area contributed by atoms with Gasteiger partial charge in [-0.15, -0.1) is 0 Å². The summed E-state index contributed by atoms with van der Waals surface area (Å²) in [6.45, 7) is 9.27. The first-order chi connectivity index (χ1) is 7.47. The minimum absolute atomic E-state index is 0.0307. The van der Waals surface area contributed by atoms with E-state index in [1.165, 1.54) is 0 Å². The molecule has 0 aliphatic rings. The SMILES string of the molecule is CCC(COC)Nc1cnn(C(C)(C)C)c1. The van der Waals surface area contributed by atoms with E-state index in [0.717, 1.165) is 18.7 Å². The predicted molar refractivity (Wildman–Crippen MR) is 66.8 cm³/mol. The molecule has 1 unspecified atom stereocenters. The van der Waals surface area contributed by atoms with Crippen LogP contribution < -0.4 is 5.32 Å². The number of methoxy groups -OCH3 is 1. The number of nitrogens with one attached hydrogen (secondary N) is 1. The fraction of sp³-hybridized carbons (Fsp3) is 0.750. The third-order valence-electron chi connectivity index (χ3n) is 2.50. The number of anilines is 1. The maximum atomic E-state index is 5.15. The van der Waals surface area contributed by atoms with Gasteiger partial charge >= 0.3 is 0 Å². The van der Waals surface area contributed by atoms with Crippen molar-refractivity contribution in [2.45, 2.75) is 45.7 Å². The van der Waals surface area contributed by atoms with Gasteiger partial charge in [-0.3, -0.25) is 4.68 Å². The lowest BCUT2D eigenvalue weighted by Gasteiger charge is -2.19. The Bertz CT molecular complexity index is 314. The van der Waals surface area contributed by atoms with Crippen LogP contribution in [0.3, 0.4) is 0 Å². The third kappa shape index (κ3) is 3.52. The summed E-state index contributed by atoms with van der Waals surface area (Å²) in [5.41, 5.74) is 1.09. The molecular formula is C12H23N3O. The molecule has 0 fully saturated rings. The molecule has 0 saturated heterocycles. The van der Waals surface area contributed by atoms with Crippen LogP contribution in [0.25, 0.3) is 0 Å². The van der Waals surface area contributed by atoms with E-state index in [4.69, 9.17) is 4.74 Å². The Hall–Kier alpha value is -1.03. The molecule has 1 atom stereocenters. The van der Waals surface area contributed by atoms with Gasteiger partial charge in [0.15, 0.2) is 0 Å². The Morgan fingerprint density at radius 3 is 2.62 bits per heavy atom. The van der Waals surface area contributed by atoms with Crippen molar-refractivity contribution in [3.8, 4) is 0 Å². The van der Waals surface area contributed by atoms with Gasteiger partial charge in [-0.05, 0) is 27.2 Å². The molecule has 0 saturated carbocycles. The van der Waals surface area contributed by atoms with Gasteiger partial charge in [0.2, 0.25) is 0 Å². The highest BCUT2D eigenvalue weighted by Crippen LogP contribution is 2.16. The molecule has 0 spiro atoms. The molecule has 0 aromatic carbocycles. The molecule has 1 rings (SSSR count). The summed E-state index contributed by atoms with van der Waals surface area (Å²) in [4.78, 5) is 0. The maximum absolute atomic E-state index is 5.15. The molecular weight excluding hydrogens is 202 g/mol. The van der Waals surface area contributed by atoms with E-state index in [-0.39, 0.29) is 5.54 Å². The fourth-order valence-electron chi connectivity index (χ4n) is 1.46. The molecule has 16 heavy (non-hydrogen) atoms. The minimum Gasteiger partial charge on any atom is -0.383 e. The van der Waals surface area contributed by atoms with Crippen LogP contribution in [-0.2, 0) is 10.3 Å². The topological polar surface area (TPSA) is 39.1 Å². The van der Waals surface area contributed by atoms with Gasteiger partial charge in [0.25, 0.3) is 0 Å². The van der Waals surface area contributed by atoms with E-state index < -0.39 is 0 Å². The van der Waals surface area contributed by atoms with Crippen LogP contribution in [-0.4, -0.2) is 29.5 Å². The Kier molecular flexibility index (Phi) is 4.35. The first kappa shape index (κ1) is 13.0. The van der Waals surface area contributed by atoms with Crippen LogP contribution in [0, 0.1) is 0 Å². The van der Waals surface area contributed by atoms with E-state index in [1.54, 1.807) is 7.11 Å². The van der Waals surface area contributed by atoms with Gasteiger partial charge in [-0.2, -0.15) is 5.10 Å². The van der Waals surface area contributed by atoms with Crippen molar-refractivity contribution in [1.82, 2.24) is 9.78 Å². The van der Waals surface area contributed by atoms with E-state index in [9.17, 15) is 0 Å². The smallest absolute Gasteiger partial charge is 0.0729 e. The highest BCUT2D eigenvalue weighted by atomic mass is 16.5. The summed E-state index contributed by atoms with van der Waals surface area (Å²) in [6, 6.07) is 0.350. The van der Waals surface area contributed by atoms with Gasteiger partial charge in [0.1, 0.15) is 0 Å². The molecule has 0 aliphatic heterocycles. The molecule has 92 valence electrons. The first-order valence-corrected chi connectivity index (χ1v) is 5.78. The second kappa shape index (κ2) is 5.34. The Morgan fingerprint density at radius 2 is 2.19 bits per heavy atom. The van der Waals surface area contributed by atoms with Crippen molar-refractivity contribution in [2.24, 2.45) is 0 Å². The summed E-state index contributed by atoms with van der Waals surface area (Å²) in [5, 5.41) is 7.76. The zero-order chi connectivity index (χ0) is 12.2. The molecule has 1 heterocycles. The molecule has 1 aromatic heterocycles. The summed E-state index contributed by atoms with van der Waals surface area (Å²) < 4.78 is 7.12.